The zero-order chi connectivity index (χ0) is 15.5. The van der Waals surface area contributed by atoms with Gasteiger partial charge in [0.15, 0.2) is 0 Å². The Morgan fingerprint density at radius 2 is 1.86 bits per heavy atom. The van der Waals surface area contributed by atoms with Gasteiger partial charge in [0.05, 0.1) is 23.1 Å². The Morgan fingerprint density at radius 1 is 1.19 bits per heavy atom. The summed E-state index contributed by atoms with van der Waals surface area (Å²) in [5.41, 5.74) is 1.71. The molecule has 0 saturated carbocycles. The minimum atomic E-state index is -3.78. The van der Waals surface area contributed by atoms with E-state index in [1.165, 1.54) is 18.2 Å². The van der Waals surface area contributed by atoms with E-state index in [2.05, 4.69) is 4.72 Å². The molecule has 0 bridgehead atoms. The molecule has 0 atom stereocenters. The first-order valence-electron chi connectivity index (χ1n) is 6.21. The summed E-state index contributed by atoms with van der Waals surface area (Å²) < 4.78 is 26.8. The topological polar surface area (TPSA) is 90.2 Å². The van der Waals surface area contributed by atoms with Crippen LogP contribution in [-0.4, -0.2) is 13.5 Å². The van der Waals surface area contributed by atoms with Crippen molar-refractivity contribution in [3.8, 4) is 11.8 Å². The SMILES string of the molecule is Cc1ccc(O)c(NS(=O)(=O)c2ccc(CC#N)cc2)c1. The van der Waals surface area contributed by atoms with Gasteiger partial charge >= 0.3 is 0 Å². The van der Waals surface area contributed by atoms with Crippen LogP contribution in [0.2, 0.25) is 0 Å². The second kappa shape index (κ2) is 5.85. The Bertz CT molecular complexity index is 791. The fourth-order valence-corrected chi connectivity index (χ4v) is 2.88. The van der Waals surface area contributed by atoms with Crippen LogP contribution in [0.5, 0.6) is 5.75 Å². The molecule has 0 aromatic heterocycles. The van der Waals surface area contributed by atoms with E-state index in [9.17, 15) is 13.5 Å². The highest BCUT2D eigenvalue weighted by Crippen LogP contribution is 2.26. The normalized spacial score (nSPS) is 10.9. The molecule has 0 amide bonds. The lowest BCUT2D eigenvalue weighted by Crippen LogP contribution is -2.13. The van der Waals surface area contributed by atoms with Crippen LogP contribution in [0.25, 0.3) is 0 Å². The summed E-state index contributed by atoms with van der Waals surface area (Å²) in [5, 5.41) is 18.3. The highest BCUT2D eigenvalue weighted by molar-refractivity contribution is 7.92. The molecular weight excluding hydrogens is 288 g/mol. The van der Waals surface area contributed by atoms with E-state index in [0.29, 0.717) is 0 Å². The van der Waals surface area contributed by atoms with Crippen molar-refractivity contribution in [2.24, 2.45) is 0 Å². The number of nitriles is 1. The van der Waals surface area contributed by atoms with Crippen molar-refractivity contribution < 1.29 is 13.5 Å². The monoisotopic (exact) mass is 302 g/mol. The van der Waals surface area contributed by atoms with Crippen LogP contribution in [-0.2, 0) is 16.4 Å². The van der Waals surface area contributed by atoms with Gasteiger partial charge in [0.25, 0.3) is 10.0 Å². The Balaban J connectivity index is 2.30. The summed E-state index contributed by atoms with van der Waals surface area (Å²) in [6.45, 7) is 1.80. The number of hydrogen-bond acceptors (Lipinski definition) is 4. The van der Waals surface area contributed by atoms with Crippen LogP contribution in [0.15, 0.2) is 47.4 Å². The molecule has 0 spiro atoms. The molecule has 2 aromatic carbocycles. The predicted octanol–water partition coefficient (Wildman–Crippen LogP) is 2.57. The molecule has 5 nitrogen and oxygen atoms in total. The first-order chi connectivity index (χ1) is 9.92. The quantitative estimate of drug-likeness (QED) is 0.849. The standard InChI is InChI=1S/C15H14N2O3S/c1-11-2-7-15(18)14(10-11)17-21(19,20)13-5-3-12(4-6-13)8-9-16/h2-7,10,17-18H,8H2,1H3. The number of aromatic hydroxyl groups is 1. The minimum absolute atomic E-state index is 0.0742. The first kappa shape index (κ1) is 14.9. The molecule has 0 heterocycles. The first-order valence-corrected chi connectivity index (χ1v) is 7.69. The molecule has 0 aliphatic carbocycles. The average molecular weight is 302 g/mol. The lowest BCUT2D eigenvalue weighted by atomic mass is 10.2. The van der Waals surface area contributed by atoms with Gasteiger partial charge in [-0.3, -0.25) is 4.72 Å². The Morgan fingerprint density at radius 3 is 2.48 bits per heavy atom. The van der Waals surface area contributed by atoms with Gasteiger partial charge in [-0.2, -0.15) is 5.26 Å². The van der Waals surface area contributed by atoms with Crippen LogP contribution in [0.4, 0.5) is 5.69 Å². The summed E-state index contributed by atoms with van der Waals surface area (Å²) in [7, 11) is -3.78. The van der Waals surface area contributed by atoms with Gasteiger partial charge in [0, 0.05) is 0 Å². The molecule has 2 rings (SSSR count). The highest BCUT2D eigenvalue weighted by atomic mass is 32.2. The molecule has 6 heteroatoms. The van der Waals surface area contributed by atoms with Crippen LogP contribution in [0, 0.1) is 18.3 Å². The molecule has 0 unspecified atom stereocenters. The third-order valence-electron chi connectivity index (χ3n) is 2.91. The number of benzene rings is 2. The second-order valence-electron chi connectivity index (χ2n) is 4.60. The number of anilines is 1. The summed E-state index contributed by atoms with van der Waals surface area (Å²) in [6.07, 6.45) is 0.229. The van der Waals surface area contributed by atoms with E-state index >= 15 is 0 Å². The average Bonchev–Trinajstić information content (AvgIpc) is 2.44. The van der Waals surface area contributed by atoms with Crippen LogP contribution in [0.3, 0.4) is 0 Å². The summed E-state index contributed by atoms with van der Waals surface area (Å²) in [5.74, 6) is -0.134. The highest BCUT2D eigenvalue weighted by Gasteiger charge is 2.16. The molecule has 0 aliphatic rings. The zero-order valence-electron chi connectivity index (χ0n) is 11.4. The largest absolute Gasteiger partial charge is 0.506 e. The van der Waals surface area contributed by atoms with Crippen LogP contribution in [0.1, 0.15) is 11.1 Å². The number of hydrogen-bond donors (Lipinski definition) is 2. The van der Waals surface area contributed by atoms with E-state index in [4.69, 9.17) is 5.26 Å². The molecule has 108 valence electrons. The lowest BCUT2D eigenvalue weighted by molar-refractivity contribution is 0.477. The number of aryl methyl sites for hydroxylation is 1. The fourth-order valence-electron chi connectivity index (χ4n) is 1.81. The van der Waals surface area contributed by atoms with Crippen LogP contribution < -0.4 is 4.72 Å². The number of rotatable bonds is 4. The molecule has 0 saturated heterocycles. The molecular formula is C15H14N2O3S. The smallest absolute Gasteiger partial charge is 0.262 e. The number of nitrogens with zero attached hydrogens (tertiary/aromatic N) is 1. The molecule has 2 N–H and O–H groups in total. The Labute approximate surface area is 123 Å². The zero-order valence-corrected chi connectivity index (χ0v) is 12.2. The molecule has 0 aliphatic heterocycles. The van der Waals surface area contributed by atoms with Crippen molar-refractivity contribution in [2.45, 2.75) is 18.2 Å². The van der Waals surface area contributed by atoms with Crippen molar-refractivity contribution >= 4 is 15.7 Å². The third-order valence-corrected chi connectivity index (χ3v) is 4.29. The molecule has 0 radical (unpaired) electrons. The summed E-state index contributed by atoms with van der Waals surface area (Å²) >= 11 is 0. The van der Waals surface area contributed by atoms with Gasteiger partial charge < -0.3 is 5.11 Å². The maximum atomic E-state index is 12.2. The Kier molecular flexibility index (Phi) is 4.15. The number of sulfonamides is 1. The summed E-state index contributed by atoms with van der Waals surface area (Å²) in [6, 6.07) is 12.7. The molecule has 2 aromatic rings. The van der Waals surface area contributed by atoms with Crippen LogP contribution >= 0.6 is 0 Å². The van der Waals surface area contributed by atoms with E-state index < -0.39 is 10.0 Å². The van der Waals surface area contributed by atoms with Crippen molar-refractivity contribution in [1.82, 2.24) is 0 Å². The third kappa shape index (κ3) is 3.52. The van der Waals surface area contributed by atoms with Crippen molar-refractivity contribution in [1.29, 1.82) is 5.26 Å². The fraction of sp³-hybridized carbons (Fsp3) is 0.133. The minimum Gasteiger partial charge on any atom is -0.506 e. The van der Waals surface area contributed by atoms with E-state index in [1.807, 2.05) is 6.07 Å². The number of phenols is 1. The predicted molar refractivity (Wildman–Crippen MR) is 79.4 cm³/mol. The van der Waals surface area contributed by atoms with Gasteiger partial charge in [0.1, 0.15) is 5.75 Å². The maximum Gasteiger partial charge on any atom is 0.262 e. The van der Waals surface area contributed by atoms with Crippen molar-refractivity contribution in [3.05, 3.63) is 53.6 Å². The van der Waals surface area contributed by atoms with Crippen molar-refractivity contribution in [3.63, 3.8) is 0 Å². The second-order valence-corrected chi connectivity index (χ2v) is 6.29. The van der Waals surface area contributed by atoms with E-state index in [-0.39, 0.29) is 22.8 Å². The summed E-state index contributed by atoms with van der Waals surface area (Å²) in [4.78, 5) is 0.0742. The molecule has 0 fully saturated rings. The Hall–Kier alpha value is -2.52. The molecule has 21 heavy (non-hydrogen) atoms. The van der Waals surface area contributed by atoms with Gasteiger partial charge in [-0.1, -0.05) is 18.2 Å². The van der Waals surface area contributed by atoms with Gasteiger partial charge in [0.2, 0.25) is 0 Å². The van der Waals surface area contributed by atoms with Crippen molar-refractivity contribution in [2.75, 3.05) is 4.72 Å². The van der Waals surface area contributed by atoms with Gasteiger partial charge in [-0.25, -0.2) is 8.42 Å². The van der Waals surface area contributed by atoms with Gasteiger partial charge in [-0.15, -0.1) is 0 Å². The van der Waals surface area contributed by atoms with E-state index in [0.717, 1.165) is 11.1 Å². The lowest BCUT2D eigenvalue weighted by Gasteiger charge is -2.10. The number of nitrogens with one attached hydrogen (secondary N) is 1. The number of phenolic OH excluding ortho intramolecular Hbond substituents is 1. The van der Waals surface area contributed by atoms with E-state index in [1.54, 1.807) is 31.2 Å². The maximum absolute atomic E-state index is 12.2. The van der Waals surface area contributed by atoms with Gasteiger partial charge in [-0.05, 0) is 42.3 Å².